The molecule has 2 aromatic heterocycles. The number of aryl methyl sites for hydroxylation is 2. The molecule has 0 aliphatic rings. The zero-order valence-corrected chi connectivity index (χ0v) is 11.9. The fourth-order valence-electron chi connectivity index (χ4n) is 2.30. The molecule has 21 heavy (non-hydrogen) atoms. The van der Waals surface area contributed by atoms with E-state index in [-0.39, 0.29) is 16.1 Å². The number of nitrogens with zero attached hydrogens (tertiary/aromatic N) is 4. The lowest BCUT2D eigenvalue weighted by molar-refractivity contribution is 0.608. The summed E-state index contributed by atoms with van der Waals surface area (Å²) < 4.78 is 17.5. The third kappa shape index (κ3) is 1.89. The summed E-state index contributed by atoms with van der Waals surface area (Å²) in [5.41, 5.74) is -1.05. The number of halogens is 2. The van der Waals surface area contributed by atoms with E-state index in [1.54, 1.807) is 7.05 Å². The molecule has 6 nitrogen and oxygen atoms in total. The summed E-state index contributed by atoms with van der Waals surface area (Å²) >= 11 is 5.69. The topological polar surface area (TPSA) is 61.8 Å². The van der Waals surface area contributed by atoms with E-state index in [1.807, 2.05) is 0 Å². The highest BCUT2D eigenvalue weighted by Gasteiger charge is 2.17. The highest BCUT2D eigenvalue weighted by Crippen LogP contribution is 2.17. The first-order valence-corrected chi connectivity index (χ1v) is 6.39. The quantitative estimate of drug-likeness (QED) is 0.679. The van der Waals surface area contributed by atoms with E-state index in [0.717, 1.165) is 10.6 Å². The smallest absolute Gasteiger partial charge is 0.280 e. The second-order valence-corrected chi connectivity index (χ2v) is 5.02. The van der Waals surface area contributed by atoms with Gasteiger partial charge in [0.2, 0.25) is 0 Å². The van der Waals surface area contributed by atoms with Gasteiger partial charge in [-0.05, 0) is 18.2 Å². The standard InChI is InChI=1S/C13H10ClFN4O2/c1-17-11-8(6-16-18(11)2)12(20)19(13(17)21)10-4-3-7(14)5-9(10)15/h3-6H,1-2H3. The lowest BCUT2D eigenvalue weighted by atomic mass is 10.3. The molecule has 0 bridgehead atoms. The Morgan fingerprint density at radius 2 is 1.95 bits per heavy atom. The molecular weight excluding hydrogens is 299 g/mol. The van der Waals surface area contributed by atoms with Crippen molar-refractivity contribution in [2.75, 3.05) is 0 Å². The van der Waals surface area contributed by atoms with Crippen LogP contribution in [0.2, 0.25) is 5.02 Å². The van der Waals surface area contributed by atoms with Crippen LogP contribution in [0.4, 0.5) is 4.39 Å². The lowest BCUT2D eigenvalue weighted by Crippen LogP contribution is -2.38. The molecule has 0 radical (unpaired) electrons. The normalized spacial score (nSPS) is 11.2. The number of rotatable bonds is 1. The molecule has 0 N–H and O–H groups in total. The fraction of sp³-hybridized carbons (Fsp3) is 0.154. The molecular formula is C13H10ClFN4O2. The van der Waals surface area contributed by atoms with E-state index in [4.69, 9.17) is 11.6 Å². The number of fused-ring (bicyclic) bond motifs is 1. The van der Waals surface area contributed by atoms with Gasteiger partial charge in [-0.1, -0.05) is 11.6 Å². The summed E-state index contributed by atoms with van der Waals surface area (Å²) in [7, 11) is 3.12. The monoisotopic (exact) mass is 308 g/mol. The lowest BCUT2D eigenvalue weighted by Gasteiger charge is -2.10. The second-order valence-electron chi connectivity index (χ2n) is 4.58. The Morgan fingerprint density at radius 1 is 1.24 bits per heavy atom. The number of hydrogen-bond acceptors (Lipinski definition) is 3. The predicted molar refractivity (Wildman–Crippen MR) is 76.5 cm³/mol. The first kappa shape index (κ1) is 13.6. The van der Waals surface area contributed by atoms with Crippen molar-refractivity contribution in [3.8, 4) is 5.69 Å². The van der Waals surface area contributed by atoms with Gasteiger partial charge in [0.1, 0.15) is 16.9 Å². The molecule has 3 rings (SSSR count). The summed E-state index contributed by atoms with van der Waals surface area (Å²) in [6.07, 6.45) is 1.35. The summed E-state index contributed by atoms with van der Waals surface area (Å²) in [4.78, 5) is 24.8. The van der Waals surface area contributed by atoms with E-state index in [9.17, 15) is 14.0 Å². The summed E-state index contributed by atoms with van der Waals surface area (Å²) in [6.45, 7) is 0. The van der Waals surface area contributed by atoms with Crippen molar-refractivity contribution >= 4 is 22.6 Å². The molecule has 1 aromatic carbocycles. The molecule has 0 unspecified atom stereocenters. The third-order valence-electron chi connectivity index (χ3n) is 3.29. The Balaban J connectivity index is 2.49. The van der Waals surface area contributed by atoms with Gasteiger partial charge in [0.25, 0.3) is 5.56 Å². The molecule has 2 heterocycles. The van der Waals surface area contributed by atoms with Crippen LogP contribution in [0, 0.1) is 5.82 Å². The van der Waals surface area contributed by atoms with E-state index >= 15 is 0 Å². The van der Waals surface area contributed by atoms with Gasteiger partial charge in [-0.15, -0.1) is 0 Å². The molecule has 0 saturated heterocycles. The Morgan fingerprint density at radius 3 is 2.62 bits per heavy atom. The molecule has 8 heteroatoms. The largest absolute Gasteiger partial charge is 0.337 e. The highest BCUT2D eigenvalue weighted by molar-refractivity contribution is 6.30. The van der Waals surface area contributed by atoms with Crippen molar-refractivity contribution < 1.29 is 4.39 Å². The molecule has 0 saturated carbocycles. The van der Waals surface area contributed by atoms with Crippen LogP contribution in [-0.2, 0) is 14.1 Å². The van der Waals surface area contributed by atoms with Crippen LogP contribution in [0.3, 0.4) is 0 Å². The first-order valence-electron chi connectivity index (χ1n) is 6.01. The van der Waals surface area contributed by atoms with Gasteiger partial charge in [-0.3, -0.25) is 14.0 Å². The van der Waals surface area contributed by atoms with Crippen molar-refractivity contribution in [1.29, 1.82) is 0 Å². The van der Waals surface area contributed by atoms with Gasteiger partial charge in [0, 0.05) is 19.1 Å². The molecule has 0 atom stereocenters. The molecule has 108 valence electrons. The third-order valence-corrected chi connectivity index (χ3v) is 3.52. The average Bonchev–Trinajstić information content (AvgIpc) is 2.81. The van der Waals surface area contributed by atoms with Crippen LogP contribution in [0.15, 0.2) is 34.0 Å². The zero-order chi connectivity index (χ0) is 15.3. The molecule has 0 fully saturated rings. The van der Waals surface area contributed by atoms with E-state index < -0.39 is 17.1 Å². The molecule has 0 aliphatic heterocycles. The minimum Gasteiger partial charge on any atom is -0.280 e. The molecule has 0 amide bonds. The Kier molecular flexibility index (Phi) is 2.94. The van der Waals surface area contributed by atoms with E-state index in [2.05, 4.69) is 5.10 Å². The Bertz CT molecular complexity index is 986. The minimum absolute atomic E-state index is 0.143. The van der Waals surface area contributed by atoms with Crippen molar-refractivity contribution in [3.05, 3.63) is 56.1 Å². The maximum absolute atomic E-state index is 14.0. The van der Waals surface area contributed by atoms with E-state index in [0.29, 0.717) is 5.65 Å². The summed E-state index contributed by atoms with van der Waals surface area (Å²) in [5.74, 6) is -0.745. The summed E-state index contributed by atoms with van der Waals surface area (Å²) in [5, 5.41) is 4.37. The van der Waals surface area contributed by atoms with Crippen molar-refractivity contribution in [1.82, 2.24) is 18.9 Å². The van der Waals surface area contributed by atoms with Gasteiger partial charge < -0.3 is 0 Å². The highest BCUT2D eigenvalue weighted by atomic mass is 35.5. The predicted octanol–water partition coefficient (Wildman–Crippen LogP) is 1.22. The van der Waals surface area contributed by atoms with Crippen LogP contribution in [0.25, 0.3) is 16.7 Å². The van der Waals surface area contributed by atoms with Gasteiger partial charge in [-0.25, -0.2) is 13.8 Å². The van der Waals surface area contributed by atoms with E-state index in [1.165, 1.54) is 34.6 Å². The SMILES string of the molecule is Cn1ncc2c(=O)n(-c3ccc(Cl)cc3F)c(=O)n(C)c21. The number of aromatic nitrogens is 4. The van der Waals surface area contributed by atoms with Crippen molar-refractivity contribution in [3.63, 3.8) is 0 Å². The van der Waals surface area contributed by atoms with Crippen LogP contribution >= 0.6 is 11.6 Å². The summed E-state index contributed by atoms with van der Waals surface area (Å²) in [6, 6.07) is 3.76. The van der Waals surface area contributed by atoms with Crippen molar-refractivity contribution in [2.45, 2.75) is 0 Å². The number of benzene rings is 1. The molecule has 3 aromatic rings. The minimum atomic E-state index is -0.745. The average molecular weight is 309 g/mol. The fourth-order valence-corrected chi connectivity index (χ4v) is 2.46. The Labute approximate surface area is 122 Å². The Hall–Kier alpha value is -2.41. The molecule has 0 aliphatic carbocycles. The van der Waals surface area contributed by atoms with Crippen LogP contribution in [0.5, 0.6) is 0 Å². The van der Waals surface area contributed by atoms with Crippen LogP contribution in [0.1, 0.15) is 0 Å². The van der Waals surface area contributed by atoms with Crippen molar-refractivity contribution in [2.24, 2.45) is 14.1 Å². The molecule has 0 spiro atoms. The van der Waals surface area contributed by atoms with Gasteiger partial charge in [0.05, 0.1) is 11.9 Å². The maximum Gasteiger partial charge on any atom is 0.337 e. The second kappa shape index (κ2) is 4.56. The van der Waals surface area contributed by atoms with Gasteiger partial charge >= 0.3 is 5.69 Å². The first-order chi connectivity index (χ1) is 9.91. The zero-order valence-electron chi connectivity index (χ0n) is 11.2. The van der Waals surface area contributed by atoms with Gasteiger partial charge in [0.15, 0.2) is 0 Å². The van der Waals surface area contributed by atoms with Gasteiger partial charge in [-0.2, -0.15) is 5.10 Å². The van der Waals surface area contributed by atoms with Crippen LogP contribution < -0.4 is 11.2 Å². The number of hydrogen-bond donors (Lipinski definition) is 0. The maximum atomic E-state index is 14.0. The van der Waals surface area contributed by atoms with Crippen LogP contribution in [-0.4, -0.2) is 18.9 Å².